The first kappa shape index (κ1) is 32.6. The van der Waals surface area contributed by atoms with Crippen LogP contribution in [0, 0.1) is 58.7 Å². The predicted molar refractivity (Wildman–Crippen MR) is 197 cm³/mol. The van der Waals surface area contributed by atoms with Gasteiger partial charge in [0.2, 0.25) is 0 Å². The second-order valence-corrected chi connectivity index (χ2v) is 17.2. The van der Waals surface area contributed by atoms with E-state index < -0.39 is 0 Å². The molecule has 46 heavy (non-hydrogen) atoms. The first-order valence-electron chi connectivity index (χ1n) is 20.2. The van der Waals surface area contributed by atoms with E-state index in [2.05, 4.69) is 50.3 Å². The van der Waals surface area contributed by atoms with Crippen LogP contribution in [0.1, 0.15) is 149 Å². The van der Waals surface area contributed by atoms with Crippen LogP contribution in [0.25, 0.3) is 0 Å². The quantitative estimate of drug-likeness (QED) is 0.206. The Balaban J connectivity index is 0.969. The van der Waals surface area contributed by atoms with Gasteiger partial charge in [0.25, 0.3) is 0 Å². The molecule has 7 rings (SSSR count). The molecule has 1 nitrogen and oxygen atoms in total. The first-order chi connectivity index (χ1) is 22.6. The molecule has 0 spiro atoms. The molecule has 1 N–H and O–H groups in total. The smallest absolute Gasteiger partial charge is 0.0151 e. The molecule has 0 aliphatic heterocycles. The van der Waals surface area contributed by atoms with Crippen molar-refractivity contribution in [2.24, 2.45) is 53.3 Å². The van der Waals surface area contributed by atoms with Gasteiger partial charge in [-0.25, -0.2) is 0 Å². The fourth-order valence-corrected chi connectivity index (χ4v) is 11.8. The number of hydrogen-bond acceptors (Lipinski definition) is 1. The van der Waals surface area contributed by atoms with Crippen LogP contribution in [0.4, 0.5) is 0 Å². The second-order valence-electron chi connectivity index (χ2n) is 17.2. The molecule has 0 aromatic rings. The molecule has 0 saturated heterocycles. The van der Waals surface area contributed by atoms with Gasteiger partial charge in [-0.05, 0) is 175 Å². The summed E-state index contributed by atoms with van der Waals surface area (Å²) in [6.07, 6.45) is 46.0. The van der Waals surface area contributed by atoms with E-state index in [0.29, 0.717) is 11.8 Å². The zero-order valence-electron chi connectivity index (χ0n) is 29.6. The van der Waals surface area contributed by atoms with Crippen LogP contribution in [0.2, 0.25) is 0 Å². The summed E-state index contributed by atoms with van der Waals surface area (Å²) in [5.74, 6) is 7.36. The van der Waals surface area contributed by atoms with E-state index in [4.69, 9.17) is 5.41 Å². The maximum atomic E-state index is 8.34. The zero-order valence-corrected chi connectivity index (χ0v) is 29.6. The highest BCUT2D eigenvalue weighted by Gasteiger charge is 2.41. The maximum Gasteiger partial charge on any atom is 0.0151 e. The minimum atomic E-state index is 0.304. The van der Waals surface area contributed by atoms with Gasteiger partial charge in [-0.15, -0.1) is 0 Å². The molecule has 0 aromatic heterocycles. The fraction of sp³-hybridized carbons (Fsp3) is 0.711. The van der Waals surface area contributed by atoms with Crippen LogP contribution in [-0.4, -0.2) is 6.21 Å². The van der Waals surface area contributed by atoms with Crippen LogP contribution in [0.15, 0.2) is 69.9 Å². The minimum absolute atomic E-state index is 0.304. The standard InChI is InChI=1S/C45H65N/c1-31-8-7-11-33(15-14-31)32(2)28-41(30-46)36-18-23-38(24-19-36)43-27-26-42(44-12-5-6-13-45(43)44)37-21-16-35(17-22-37)40-25-20-34-9-3-4-10-39(34)29-40/h7,11,14-15,18,29-30,32,34-35,37-39,41-42,44,46H,3-6,8-10,12-13,16-17,19-28H2,1-2H3. The van der Waals surface area contributed by atoms with Gasteiger partial charge in [-0.2, -0.15) is 0 Å². The van der Waals surface area contributed by atoms with Crippen molar-refractivity contribution >= 4 is 6.21 Å². The zero-order chi connectivity index (χ0) is 31.5. The highest BCUT2D eigenvalue weighted by atomic mass is 14.5. The minimum Gasteiger partial charge on any atom is -0.312 e. The van der Waals surface area contributed by atoms with Gasteiger partial charge in [0, 0.05) is 12.1 Å². The molecule has 3 fully saturated rings. The summed E-state index contributed by atoms with van der Waals surface area (Å²) < 4.78 is 0. The molecule has 1 heteroatoms. The average Bonchev–Trinajstić information content (AvgIpc) is 3.34. The third-order valence-corrected chi connectivity index (χ3v) is 14.5. The summed E-state index contributed by atoms with van der Waals surface area (Å²) in [6.45, 7) is 4.59. The largest absolute Gasteiger partial charge is 0.312 e. The predicted octanol–water partition coefficient (Wildman–Crippen LogP) is 13.1. The molecular formula is C45H65N. The van der Waals surface area contributed by atoms with Crippen molar-refractivity contribution in [2.45, 2.75) is 149 Å². The van der Waals surface area contributed by atoms with Crippen molar-refractivity contribution in [1.29, 1.82) is 5.41 Å². The number of nitrogens with one attached hydrogen (secondary N) is 1. The molecule has 250 valence electrons. The summed E-state index contributed by atoms with van der Waals surface area (Å²) in [5, 5.41) is 8.34. The Morgan fingerprint density at radius 1 is 0.783 bits per heavy atom. The third kappa shape index (κ3) is 7.25. The highest BCUT2D eigenvalue weighted by molar-refractivity contribution is 5.62. The molecule has 0 aromatic carbocycles. The van der Waals surface area contributed by atoms with Gasteiger partial charge < -0.3 is 5.41 Å². The molecule has 0 radical (unpaired) electrons. The number of fused-ring (bicyclic) bond motifs is 2. The number of rotatable bonds is 8. The Morgan fingerprint density at radius 3 is 2.46 bits per heavy atom. The average molecular weight is 620 g/mol. The SMILES string of the molecule is CC1=CC=C(C(C)CC(C=N)C2=CCC(C3=C4CCCCC4C(C4CCC(C5=CC6CCCCC6CC5)CC4)CC3)CC2)C=CC1. The molecule has 7 aliphatic rings. The van der Waals surface area contributed by atoms with Crippen molar-refractivity contribution in [2.75, 3.05) is 0 Å². The monoisotopic (exact) mass is 620 g/mol. The van der Waals surface area contributed by atoms with Crippen LogP contribution < -0.4 is 0 Å². The Morgan fingerprint density at radius 2 is 1.63 bits per heavy atom. The number of allylic oxidation sites excluding steroid dienone is 12. The summed E-state index contributed by atoms with van der Waals surface area (Å²) >= 11 is 0. The summed E-state index contributed by atoms with van der Waals surface area (Å²) in [5.41, 5.74) is 10.2. The van der Waals surface area contributed by atoms with E-state index in [1.165, 1.54) is 133 Å². The van der Waals surface area contributed by atoms with E-state index in [-0.39, 0.29) is 0 Å². The Hall–Kier alpha value is -1.89. The normalized spacial score (nSPS) is 36.6. The molecule has 7 aliphatic carbocycles. The van der Waals surface area contributed by atoms with Gasteiger partial charge in [0.15, 0.2) is 0 Å². The first-order valence-corrected chi connectivity index (χ1v) is 20.2. The van der Waals surface area contributed by atoms with Gasteiger partial charge in [-0.1, -0.05) is 90.5 Å². The fourth-order valence-electron chi connectivity index (χ4n) is 11.8. The van der Waals surface area contributed by atoms with Crippen LogP contribution >= 0.6 is 0 Å². The van der Waals surface area contributed by atoms with Gasteiger partial charge in [0.1, 0.15) is 0 Å². The Labute approximate surface area is 282 Å². The highest BCUT2D eigenvalue weighted by Crippen LogP contribution is 2.53. The molecule has 7 unspecified atom stereocenters. The topological polar surface area (TPSA) is 23.9 Å². The number of hydrogen-bond donors (Lipinski definition) is 1. The van der Waals surface area contributed by atoms with Crippen molar-refractivity contribution in [3.05, 3.63) is 69.9 Å². The second kappa shape index (κ2) is 15.1. The van der Waals surface area contributed by atoms with Crippen molar-refractivity contribution in [1.82, 2.24) is 0 Å². The van der Waals surface area contributed by atoms with E-state index in [9.17, 15) is 0 Å². The third-order valence-electron chi connectivity index (χ3n) is 14.5. The molecule has 7 atom stereocenters. The van der Waals surface area contributed by atoms with E-state index in [0.717, 1.165) is 54.3 Å². The van der Waals surface area contributed by atoms with Gasteiger partial charge in [-0.3, -0.25) is 0 Å². The van der Waals surface area contributed by atoms with E-state index in [1.807, 2.05) is 16.7 Å². The van der Waals surface area contributed by atoms with Crippen molar-refractivity contribution in [3.8, 4) is 0 Å². The van der Waals surface area contributed by atoms with Crippen LogP contribution in [-0.2, 0) is 0 Å². The van der Waals surface area contributed by atoms with E-state index in [1.54, 1.807) is 11.8 Å². The van der Waals surface area contributed by atoms with Crippen molar-refractivity contribution < 1.29 is 0 Å². The molecule has 0 amide bonds. The maximum absolute atomic E-state index is 8.34. The molecule has 0 bridgehead atoms. The van der Waals surface area contributed by atoms with Gasteiger partial charge >= 0.3 is 0 Å². The van der Waals surface area contributed by atoms with Crippen LogP contribution in [0.5, 0.6) is 0 Å². The van der Waals surface area contributed by atoms with Gasteiger partial charge in [0.05, 0.1) is 0 Å². The lowest BCUT2D eigenvalue weighted by Crippen LogP contribution is -2.35. The van der Waals surface area contributed by atoms with Crippen LogP contribution in [0.3, 0.4) is 0 Å². The van der Waals surface area contributed by atoms with E-state index >= 15 is 0 Å². The lowest BCUT2D eigenvalue weighted by molar-refractivity contribution is 0.136. The lowest BCUT2D eigenvalue weighted by Gasteiger charge is -2.46. The summed E-state index contributed by atoms with van der Waals surface area (Å²) in [6, 6.07) is 0. The summed E-state index contributed by atoms with van der Waals surface area (Å²) in [4.78, 5) is 0. The Bertz CT molecular complexity index is 1270. The molecule has 3 saturated carbocycles. The molecule has 0 heterocycles. The Kier molecular flexibility index (Phi) is 10.7. The molecular weight excluding hydrogens is 555 g/mol. The van der Waals surface area contributed by atoms with Crippen molar-refractivity contribution in [3.63, 3.8) is 0 Å². The summed E-state index contributed by atoms with van der Waals surface area (Å²) in [7, 11) is 0. The lowest BCUT2D eigenvalue weighted by atomic mass is 9.59.